The van der Waals surface area contributed by atoms with Gasteiger partial charge in [-0.2, -0.15) is 0 Å². The van der Waals surface area contributed by atoms with Crippen LogP contribution in [0.4, 0.5) is 0 Å². The number of fused-ring (bicyclic) bond motifs is 2. The molecule has 1 aromatic heterocycles. The van der Waals surface area contributed by atoms with E-state index in [1.165, 1.54) is 38.6 Å². The Hall–Kier alpha value is -1.46. The highest BCUT2D eigenvalue weighted by Crippen LogP contribution is 2.51. The number of nitrogens with two attached hydrogens (primary N) is 1. The van der Waals surface area contributed by atoms with Gasteiger partial charge in [0.05, 0.1) is 5.56 Å². The number of aromatic nitrogens is 1. The van der Waals surface area contributed by atoms with Crippen molar-refractivity contribution in [2.75, 3.05) is 26.7 Å². The van der Waals surface area contributed by atoms with Crippen LogP contribution in [0, 0.1) is 17.8 Å². The van der Waals surface area contributed by atoms with Crippen molar-refractivity contribution in [3.05, 3.63) is 29.6 Å². The van der Waals surface area contributed by atoms with Gasteiger partial charge in [-0.3, -0.25) is 9.78 Å². The number of hydrogen-bond donors (Lipinski definition) is 1. The Balaban J connectivity index is 1.67. The molecule has 130 valence electrons. The fraction of sp³-hybridized carbons (Fsp3) is 0.684. The highest BCUT2D eigenvalue weighted by Gasteiger charge is 2.53. The van der Waals surface area contributed by atoms with Crippen LogP contribution in [0.5, 0.6) is 0 Å². The molecule has 1 aliphatic heterocycles. The molecular weight excluding hydrogens is 302 g/mol. The summed E-state index contributed by atoms with van der Waals surface area (Å²) in [6, 6.07) is 1.90. The van der Waals surface area contributed by atoms with Crippen LogP contribution in [0.15, 0.2) is 18.5 Å². The smallest absolute Gasteiger partial charge is 0.250 e. The van der Waals surface area contributed by atoms with Gasteiger partial charge >= 0.3 is 0 Å². The first kappa shape index (κ1) is 16.0. The minimum Gasteiger partial charge on any atom is -0.373 e. The van der Waals surface area contributed by atoms with Crippen molar-refractivity contribution in [1.82, 2.24) is 9.88 Å². The Bertz CT molecular complexity index is 615. The quantitative estimate of drug-likeness (QED) is 0.899. The molecule has 3 aliphatic rings. The molecule has 0 spiro atoms. The summed E-state index contributed by atoms with van der Waals surface area (Å²) in [5, 5.41) is 0. The van der Waals surface area contributed by atoms with E-state index < -0.39 is 5.91 Å². The van der Waals surface area contributed by atoms with Crippen LogP contribution in [-0.2, 0) is 10.3 Å². The molecule has 5 nitrogen and oxygen atoms in total. The highest BCUT2D eigenvalue weighted by atomic mass is 16.5. The second kappa shape index (κ2) is 6.12. The number of ether oxygens (including phenoxy) is 1. The van der Waals surface area contributed by atoms with Crippen molar-refractivity contribution in [1.29, 1.82) is 0 Å². The third kappa shape index (κ3) is 2.64. The van der Waals surface area contributed by atoms with Crippen molar-refractivity contribution in [2.24, 2.45) is 23.5 Å². The van der Waals surface area contributed by atoms with Crippen molar-refractivity contribution < 1.29 is 9.53 Å². The number of methoxy groups -OCH3 is 1. The van der Waals surface area contributed by atoms with Gasteiger partial charge in [-0.25, -0.2) is 0 Å². The standard InChI is InChI=1S/C19H27N3O2/c1-24-19(17-7-14(18(20)23)8-21-9-17)15-3-2-4-16(19)12-22(11-15)10-13-5-6-13/h7-9,13,15-16H,2-6,10-12H2,1H3,(H2,20,23)/t15-,16+,19?. The molecule has 2 aliphatic carbocycles. The molecule has 1 unspecified atom stereocenters. The second-order valence-corrected chi connectivity index (χ2v) is 7.81. The van der Waals surface area contributed by atoms with Gasteiger partial charge in [-0.1, -0.05) is 6.42 Å². The number of amides is 1. The predicted octanol–water partition coefficient (Wildman–Crippen LogP) is 2.16. The summed E-state index contributed by atoms with van der Waals surface area (Å²) in [6.07, 6.45) is 9.82. The lowest BCUT2D eigenvalue weighted by molar-refractivity contribution is -0.169. The molecule has 0 radical (unpaired) electrons. The van der Waals surface area contributed by atoms with Gasteiger partial charge in [0.2, 0.25) is 5.91 Å². The van der Waals surface area contributed by atoms with E-state index in [1.54, 1.807) is 6.20 Å². The summed E-state index contributed by atoms with van der Waals surface area (Å²) < 4.78 is 6.22. The fourth-order valence-electron chi connectivity index (χ4n) is 5.05. The molecule has 3 fully saturated rings. The van der Waals surface area contributed by atoms with E-state index in [0.29, 0.717) is 17.4 Å². The Morgan fingerprint density at radius 2 is 2.00 bits per heavy atom. The molecule has 2 bridgehead atoms. The average Bonchev–Trinajstić information content (AvgIpc) is 3.38. The van der Waals surface area contributed by atoms with E-state index in [1.807, 2.05) is 19.4 Å². The maximum absolute atomic E-state index is 11.6. The largest absolute Gasteiger partial charge is 0.373 e. The lowest BCUT2D eigenvalue weighted by Gasteiger charge is -2.55. The van der Waals surface area contributed by atoms with Crippen molar-refractivity contribution in [3.63, 3.8) is 0 Å². The van der Waals surface area contributed by atoms with Crippen LogP contribution in [0.3, 0.4) is 0 Å². The van der Waals surface area contributed by atoms with Crippen LogP contribution >= 0.6 is 0 Å². The van der Waals surface area contributed by atoms with Crippen molar-refractivity contribution >= 4 is 5.91 Å². The van der Waals surface area contributed by atoms with Crippen LogP contribution < -0.4 is 5.73 Å². The SMILES string of the molecule is COC1(c2cncc(C(N)=O)c2)[C@@H]2CCC[C@H]1CN(CC1CC1)C2. The van der Waals surface area contributed by atoms with Gasteiger partial charge in [0.25, 0.3) is 0 Å². The normalized spacial score (nSPS) is 33.4. The number of primary amides is 1. The van der Waals surface area contributed by atoms with Gasteiger partial charge < -0.3 is 15.4 Å². The molecule has 0 aromatic carbocycles. The number of carbonyl (C=O) groups is 1. The van der Waals surface area contributed by atoms with Crippen molar-refractivity contribution in [2.45, 2.75) is 37.7 Å². The molecule has 1 saturated heterocycles. The van der Waals surface area contributed by atoms with Gasteiger partial charge in [-0.15, -0.1) is 0 Å². The number of hydrogen-bond acceptors (Lipinski definition) is 4. The number of rotatable bonds is 5. The molecular formula is C19H27N3O2. The van der Waals surface area contributed by atoms with E-state index in [2.05, 4.69) is 9.88 Å². The van der Waals surface area contributed by atoms with Gasteiger partial charge in [-0.05, 0) is 37.7 Å². The monoisotopic (exact) mass is 329 g/mol. The number of carbonyl (C=O) groups excluding carboxylic acids is 1. The number of nitrogens with zero attached hydrogens (tertiary/aromatic N) is 2. The van der Waals surface area contributed by atoms with E-state index in [4.69, 9.17) is 10.5 Å². The van der Waals surface area contributed by atoms with Crippen molar-refractivity contribution in [3.8, 4) is 0 Å². The van der Waals surface area contributed by atoms with Gasteiger partial charge in [0, 0.05) is 56.5 Å². The Morgan fingerprint density at radius 3 is 2.58 bits per heavy atom. The number of likely N-dealkylation sites (tertiary alicyclic amines) is 1. The zero-order valence-corrected chi connectivity index (χ0v) is 14.4. The molecule has 2 N–H and O–H groups in total. The Labute approximate surface area is 143 Å². The summed E-state index contributed by atoms with van der Waals surface area (Å²) in [5.41, 5.74) is 6.65. The van der Waals surface area contributed by atoms with E-state index in [-0.39, 0.29) is 5.60 Å². The molecule has 5 heteroatoms. The van der Waals surface area contributed by atoms with E-state index in [9.17, 15) is 4.79 Å². The predicted molar refractivity (Wildman–Crippen MR) is 91.4 cm³/mol. The summed E-state index contributed by atoms with van der Waals surface area (Å²) in [6.45, 7) is 3.41. The zero-order valence-electron chi connectivity index (χ0n) is 14.4. The number of piperidine rings is 1. The maximum Gasteiger partial charge on any atom is 0.250 e. The first-order valence-corrected chi connectivity index (χ1v) is 9.16. The molecule has 2 saturated carbocycles. The maximum atomic E-state index is 11.6. The molecule has 3 atom stereocenters. The molecule has 1 aromatic rings. The average molecular weight is 329 g/mol. The van der Waals surface area contributed by atoms with E-state index in [0.717, 1.165) is 24.6 Å². The topological polar surface area (TPSA) is 68.5 Å². The summed E-state index contributed by atoms with van der Waals surface area (Å²) in [4.78, 5) is 18.5. The van der Waals surface area contributed by atoms with Gasteiger partial charge in [0.15, 0.2) is 0 Å². The summed E-state index contributed by atoms with van der Waals surface area (Å²) in [5.74, 6) is 1.41. The third-order valence-electron chi connectivity index (χ3n) is 6.30. The Kier molecular flexibility index (Phi) is 4.09. The lowest BCUT2D eigenvalue weighted by atomic mass is 9.62. The highest BCUT2D eigenvalue weighted by molar-refractivity contribution is 5.92. The molecule has 2 heterocycles. The number of pyridine rings is 1. The molecule has 1 amide bonds. The first-order chi connectivity index (χ1) is 11.6. The van der Waals surface area contributed by atoms with Crippen LogP contribution in [0.2, 0.25) is 0 Å². The third-order valence-corrected chi connectivity index (χ3v) is 6.30. The van der Waals surface area contributed by atoms with E-state index >= 15 is 0 Å². The second-order valence-electron chi connectivity index (χ2n) is 7.81. The minimum atomic E-state index is -0.424. The minimum absolute atomic E-state index is 0.323. The van der Waals surface area contributed by atoms with Crippen LogP contribution in [0.25, 0.3) is 0 Å². The first-order valence-electron chi connectivity index (χ1n) is 9.16. The lowest BCUT2D eigenvalue weighted by Crippen LogP contribution is -2.59. The van der Waals surface area contributed by atoms with Crippen LogP contribution in [0.1, 0.15) is 48.0 Å². The summed E-state index contributed by atoms with van der Waals surface area (Å²) in [7, 11) is 1.82. The molecule has 4 rings (SSSR count). The molecule has 24 heavy (non-hydrogen) atoms. The fourth-order valence-corrected chi connectivity index (χ4v) is 5.05. The van der Waals surface area contributed by atoms with Gasteiger partial charge in [0.1, 0.15) is 5.60 Å². The Morgan fingerprint density at radius 1 is 1.29 bits per heavy atom. The van der Waals surface area contributed by atoms with Crippen LogP contribution in [-0.4, -0.2) is 42.5 Å². The summed E-state index contributed by atoms with van der Waals surface area (Å²) >= 11 is 0. The zero-order chi connectivity index (χ0) is 16.7.